The summed E-state index contributed by atoms with van der Waals surface area (Å²) >= 11 is 0. The van der Waals surface area contributed by atoms with Crippen LogP contribution in [0.2, 0.25) is 0 Å². The molecule has 5 nitrogen and oxygen atoms in total. The van der Waals surface area contributed by atoms with Gasteiger partial charge in [0, 0.05) is 0 Å². The molecule has 2 aromatic rings. The molecule has 1 aromatic carbocycles. The van der Waals surface area contributed by atoms with Crippen LogP contribution in [0.1, 0.15) is 11.6 Å². The van der Waals surface area contributed by atoms with Gasteiger partial charge < -0.3 is 14.5 Å². The Morgan fingerprint density at radius 3 is 3.00 bits per heavy atom. The van der Waals surface area contributed by atoms with Crippen LogP contribution in [0, 0.1) is 0 Å². The number of benzene rings is 1. The quantitative estimate of drug-likeness (QED) is 0.720. The SMILES string of the molecule is CNC(C=O)c1ccc2oc(=O)[nH]c2c1. The Morgan fingerprint density at radius 1 is 1.53 bits per heavy atom. The molecule has 1 atom stereocenters. The van der Waals surface area contributed by atoms with Crippen LogP contribution in [-0.4, -0.2) is 18.3 Å². The second-order valence-corrected chi connectivity index (χ2v) is 3.17. The molecule has 2 N–H and O–H groups in total. The molecule has 0 aliphatic rings. The van der Waals surface area contributed by atoms with Gasteiger partial charge in [0.25, 0.3) is 0 Å². The lowest BCUT2D eigenvalue weighted by Gasteiger charge is -2.08. The number of likely N-dealkylation sites (N-methyl/N-ethyl adjacent to an activating group) is 1. The first-order valence-corrected chi connectivity index (χ1v) is 4.50. The highest BCUT2D eigenvalue weighted by Gasteiger charge is 2.09. The summed E-state index contributed by atoms with van der Waals surface area (Å²) in [7, 11) is 1.70. The molecule has 0 amide bonds. The van der Waals surface area contributed by atoms with Crippen molar-refractivity contribution in [2.24, 2.45) is 0 Å². The van der Waals surface area contributed by atoms with Crippen molar-refractivity contribution in [2.45, 2.75) is 6.04 Å². The molecule has 1 heterocycles. The summed E-state index contributed by atoms with van der Waals surface area (Å²) in [6.45, 7) is 0. The molecule has 0 spiro atoms. The van der Waals surface area contributed by atoms with Crippen molar-refractivity contribution in [3.05, 3.63) is 34.3 Å². The van der Waals surface area contributed by atoms with E-state index < -0.39 is 5.76 Å². The van der Waals surface area contributed by atoms with Gasteiger partial charge in [0.2, 0.25) is 0 Å². The molecule has 15 heavy (non-hydrogen) atoms. The number of hydrogen-bond donors (Lipinski definition) is 2. The van der Waals surface area contributed by atoms with Crippen LogP contribution >= 0.6 is 0 Å². The van der Waals surface area contributed by atoms with Gasteiger partial charge in [0.05, 0.1) is 11.6 Å². The zero-order valence-electron chi connectivity index (χ0n) is 8.11. The minimum Gasteiger partial charge on any atom is -0.408 e. The van der Waals surface area contributed by atoms with Crippen molar-refractivity contribution in [1.29, 1.82) is 0 Å². The molecular weight excluding hydrogens is 196 g/mol. The van der Waals surface area contributed by atoms with Crippen LogP contribution in [0.3, 0.4) is 0 Å². The molecule has 1 aromatic heterocycles. The Bertz CT molecular complexity index is 541. The molecule has 0 saturated heterocycles. The molecule has 0 aliphatic carbocycles. The van der Waals surface area contributed by atoms with E-state index in [9.17, 15) is 9.59 Å². The summed E-state index contributed by atoms with van der Waals surface area (Å²) < 4.78 is 4.85. The van der Waals surface area contributed by atoms with E-state index in [1.807, 2.05) is 0 Å². The number of aromatic nitrogens is 1. The maximum Gasteiger partial charge on any atom is 0.417 e. The highest BCUT2D eigenvalue weighted by molar-refractivity contribution is 5.75. The van der Waals surface area contributed by atoms with E-state index in [-0.39, 0.29) is 6.04 Å². The van der Waals surface area contributed by atoms with Crippen molar-refractivity contribution in [1.82, 2.24) is 10.3 Å². The summed E-state index contributed by atoms with van der Waals surface area (Å²) in [6.07, 6.45) is 0.805. The summed E-state index contributed by atoms with van der Waals surface area (Å²) in [4.78, 5) is 24.2. The van der Waals surface area contributed by atoms with Crippen LogP contribution in [0.5, 0.6) is 0 Å². The lowest BCUT2D eigenvalue weighted by Crippen LogP contribution is -2.17. The van der Waals surface area contributed by atoms with Crippen LogP contribution in [0.15, 0.2) is 27.4 Å². The fourth-order valence-electron chi connectivity index (χ4n) is 1.48. The molecular formula is C10H10N2O3. The molecule has 0 saturated carbocycles. The third-order valence-corrected chi connectivity index (χ3v) is 2.25. The fourth-order valence-corrected chi connectivity index (χ4v) is 1.48. The van der Waals surface area contributed by atoms with Crippen molar-refractivity contribution >= 4 is 17.4 Å². The van der Waals surface area contributed by atoms with Gasteiger partial charge in [-0.2, -0.15) is 0 Å². The van der Waals surface area contributed by atoms with Gasteiger partial charge in [-0.1, -0.05) is 6.07 Å². The normalized spacial score (nSPS) is 12.9. The molecule has 2 rings (SSSR count). The molecule has 0 radical (unpaired) electrons. The van der Waals surface area contributed by atoms with Crippen molar-refractivity contribution in [3.63, 3.8) is 0 Å². The van der Waals surface area contributed by atoms with Crippen LogP contribution in [-0.2, 0) is 4.79 Å². The van der Waals surface area contributed by atoms with E-state index >= 15 is 0 Å². The number of carbonyl (C=O) groups excluding carboxylic acids is 1. The van der Waals surface area contributed by atoms with Gasteiger partial charge in [0.15, 0.2) is 5.58 Å². The van der Waals surface area contributed by atoms with Crippen LogP contribution in [0.25, 0.3) is 11.1 Å². The predicted octanol–water partition coefficient (Wildman–Crippen LogP) is 0.580. The topological polar surface area (TPSA) is 75.1 Å². The Hall–Kier alpha value is -1.88. The third-order valence-electron chi connectivity index (χ3n) is 2.25. The van der Waals surface area contributed by atoms with Gasteiger partial charge in [-0.05, 0) is 24.7 Å². The van der Waals surface area contributed by atoms with E-state index in [1.165, 1.54) is 0 Å². The Balaban J connectivity index is 2.54. The number of rotatable bonds is 3. The lowest BCUT2D eigenvalue weighted by atomic mass is 10.1. The van der Waals surface area contributed by atoms with Crippen molar-refractivity contribution in [3.8, 4) is 0 Å². The number of aldehydes is 1. The maximum absolute atomic E-state index is 10.9. The molecule has 0 bridgehead atoms. The predicted molar refractivity (Wildman–Crippen MR) is 54.7 cm³/mol. The first kappa shape index (κ1) is 9.67. The van der Waals surface area contributed by atoms with Crippen LogP contribution < -0.4 is 11.1 Å². The van der Waals surface area contributed by atoms with Gasteiger partial charge in [-0.3, -0.25) is 4.98 Å². The summed E-state index contributed by atoms with van der Waals surface area (Å²) in [5, 5.41) is 2.85. The Kier molecular flexibility index (Phi) is 2.39. The van der Waals surface area contributed by atoms with Gasteiger partial charge in [0.1, 0.15) is 6.29 Å². The number of carbonyl (C=O) groups is 1. The van der Waals surface area contributed by atoms with E-state index in [1.54, 1.807) is 25.2 Å². The number of aromatic amines is 1. The number of hydrogen-bond acceptors (Lipinski definition) is 4. The number of nitrogens with one attached hydrogen (secondary N) is 2. The van der Waals surface area contributed by atoms with Crippen molar-refractivity contribution < 1.29 is 9.21 Å². The van der Waals surface area contributed by atoms with E-state index in [0.717, 1.165) is 11.8 Å². The maximum atomic E-state index is 10.9. The highest BCUT2D eigenvalue weighted by Crippen LogP contribution is 2.16. The summed E-state index contributed by atoms with van der Waals surface area (Å²) in [5.74, 6) is -0.491. The standard InChI is InChI=1S/C10H10N2O3/c1-11-8(5-13)6-2-3-9-7(4-6)12-10(14)15-9/h2-5,8,11H,1H3,(H,12,14). The van der Waals surface area contributed by atoms with E-state index in [4.69, 9.17) is 4.42 Å². The van der Waals surface area contributed by atoms with Gasteiger partial charge in [-0.15, -0.1) is 0 Å². The minimum atomic E-state index is -0.491. The Labute approximate surface area is 85.1 Å². The average molecular weight is 206 g/mol. The molecule has 5 heteroatoms. The lowest BCUT2D eigenvalue weighted by molar-refractivity contribution is -0.109. The summed E-state index contributed by atoms with van der Waals surface area (Å²) in [6, 6.07) is 4.76. The second kappa shape index (κ2) is 3.70. The largest absolute Gasteiger partial charge is 0.417 e. The Morgan fingerprint density at radius 2 is 2.33 bits per heavy atom. The van der Waals surface area contributed by atoms with Gasteiger partial charge in [-0.25, -0.2) is 4.79 Å². The molecule has 1 unspecified atom stereocenters. The first-order valence-electron chi connectivity index (χ1n) is 4.50. The molecule has 78 valence electrons. The number of oxazole rings is 1. The average Bonchev–Trinajstić information content (AvgIpc) is 2.59. The monoisotopic (exact) mass is 206 g/mol. The third kappa shape index (κ3) is 1.69. The minimum absolute atomic E-state index is 0.368. The fraction of sp³-hybridized carbons (Fsp3) is 0.200. The van der Waals surface area contributed by atoms with Gasteiger partial charge >= 0.3 is 5.76 Å². The molecule has 0 aliphatic heterocycles. The number of H-pyrrole nitrogens is 1. The zero-order valence-corrected chi connectivity index (χ0v) is 8.11. The molecule has 0 fully saturated rings. The van der Waals surface area contributed by atoms with Crippen LogP contribution in [0.4, 0.5) is 0 Å². The number of fused-ring (bicyclic) bond motifs is 1. The summed E-state index contributed by atoms with van der Waals surface area (Å²) in [5.41, 5.74) is 1.88. The smallest absolute Gasteiger partial charge is 0.408 e. The first-order chi connectivity index (χ1) is 7.24. The van der Waals surface area contributed by atoms with E-state index in [2.05, 4.69) is 10.3 Å². The highest BCUT2D eigenvalue weighted by atomic mass is 16.4. The van der Waals surface area contributed by atoms with E-state index in [0.29, 0.717) is 11.1 Å². The zero-order chi connectivity index (χ0) is 10.8. The second-order valence-electron chi connectivity index (χ2n) is 3.17. The van der Waals surface area contributed by atoms with Crippen molar-refractivity contribution in [2.75, 3.05) is 7.05 Å².